The summed E-state index contributed by atoms with van der Waals surface area (Å²) in [5.74, 6) is -0.359. The van der Waals surface area contributed by atoms with Crippen LogP contribution in [0.25, 0.3) is 0 Å². The number of aryl methyl sites for hydroxylation is 1. The van der Waals surface area contributed by atoms with Crippen LogP contribution in [0.15, 0.2) is 41.2 Å². The topological polar surface area (TPSA) is 64.4 Å². The van der Waals surface area contributed by atoms with Gasteiger partial charge in [-0.1, -0.05) is 12.1 Å². The first-order valence-corrected chi connectivity index (χ1v) is 7.79. The van der Waals surface area contributed by atoms with Gasteiger partial charge in [0.1, 0.15) is 11.8 Å². The van der Waals surface area contributed by atoms with Gasteiger partial charge in [-0.3, -0.25) is 9.59 Å². The van der Waals surface area contributed by atoms with Crippen LogP contribution in [0, 0.1) is 5.82 Å². The molecule has 1 aromatic heterocycles. The monoisotopic (exact) mass is 331 g/mol. The van der Waals surface area contributed by atoms with Crippen molar-refractivity contribution in [2.45, 2.75) is 18.9 Å². The Morgan fingerprint density at radius 3 is 2.58 bits per heavy atom. The van der Waals surface area contributed by atoms with Crippen LogP contribution in [0.5, 0.6) is 5.75 Å². The fraction of sp³-hybridized carbons (Fsp3) is 0.353. The lowest BCUT2D eigenvalue weighted by atomic mass is 10.1. The van der Waals surface area contributed by atoms with Crippen molar-refractivity contribution in [3.05, 3.63) is 58.3 Å². The molecule has 0 atom stereocenters. The van der Waals surface area contributed by atoms with Crippen molar-refractivity contribution in [1.82, 2.24) is 14.7 Å². The maximum atomic E-state index is 13.6. The minimum absolute atomic E-state index is 0.126. The molecule has 3 rings (SSSR count). The number of likely N-dealkylation sites (tertiary alicyclic amines) is 1. The number of piperidine rings is 1. The van der Waals surface area contributed by atoms with E-state index >= 15 is 0 Å². The Kier molecular flexibility index (Phi) is 4.59. The molecule has 1 amide bonds. The van der Waals surface area contributed by atoms with Crippen LogP contribution in [0.1, 0.15) is 23.3 Å². The molecule has 0 bridgehead atoms. The van der Waals surface area contributed by atoms with Gasteiger partial charge in [-0.2, -0.15) is 5.10 Å². The number of nitrogens with zero attached hydrogens (tertiary/aromatic N) is 3. The molecule has 2 heterocycles. The smallest absolute Gasteiger partial charge is 0.274 e. The number of para-hydroxylation sites is 1. The molecular formula is C17H18FN3O3. The SMILES string of the molecule is Cn1nc(C(=O)N2CCC(Oc3ccccc3F)CC2)ccc1=O. The summed E-state index contributed by atoms with van der Waals surface area (Å²) in [6.45, 7) is 1.00. The van der Waals surface area contributed by atoms with Crippen LogP contribution in [0.4, 0.5) is 4.39 Å². The Hall–Kier alpha value is -2.70. The predicted octanol–water partition coefficient (Wildman–Crippen LogP) is 1.60. The first-order chi connectivity index (χ1) is 11.5. The summed E-state index contributed by atoms with van der Waals surface area (Å²) in [5.41, 5.74) is -0.0193. The Balaban J connectivity index is 1.60. The molecule has 0 radical (unpaired) electrons. The van der Waals surface area contributed by atoms with Gasteiger partial charge in [-0.25, -0.2) is 9.07 Å². The van der Waals surface area contributed by atoms with Gasteiger partial charge in [0.15, 0.2) is 11.6 Å². The van der Waals surface area contributed by atoms with E-state index in [0.29, 0.717) is 25.9 Å². The van der Waals surface area contributed by atoms with E-state index in [1.807, 2.05) is 0 Å². The van der Waals surface area contributed by atoms with E-state index in [9.17, 15) is 14.0 Å². The van der Waals surface area contributed by atoms with Crippen molar-refractivity contribution in [2.75, 3.05) is 13.1 Å². The number of ether oxygens (including phenoxy) is 1. The third kappa shape index (κ3) is 3.45. The van der Waals surface area contributed by atoms with Crippen LogP contribution >= 0.6 is 0 Å². The van der Waals surface area contributed by atoms with Crippen LogP contribution in [-0.4, -0.2) is 39.8 Å². The number of benzene rings is 1. The summed E-state index contributed by atoms with van der Waals surface area (Å²) in [7, 11) is 1.51. The molecule has 1 aromatic carbocycles. The van der Waals surface area contributed by atoms with Gasteiger partial charge in [-0.15, -0.1) is 0 Å². The number of hydrogen-bond donors (Lipinski definition) is 0. The van der Waals surface area contributed by atoms with E-state index < -0.39 is 0 Å². The molecule has 0 spiro atoms. The lowest BCUT2D eigenvalue weighted by molar-refractivity contribution is 0.0581. The van der Waals surface area contributed by atoms with Gasteiger partial charge in [0.05, 0.1) is 0 Å². The molecule has 1 fully saturated rings. The van der Waals surface area contributed by atoms with E-state index in [1.165, 1.54) is 25.2 Å². The van der Waals surface area contributed by atoms with E-state index in [0.717, 1.165) is 4.68 Å². The van der Waals surface area contributed by atoms with Gasteiger partial charge < -0.3 is 9.64 Å². The van der Waals surface area contributed by atoms with Crippen molar-refractivity contribution in [3.8, 4) is 5.75 Å². The third-order valence-electron chi connectivity index (χ3n) is 4.04. The van der Waals surface area contributed by atoms with Crippen molar-refractivity contribution in [2.24, 2.45) is 7.05 Å². The van der Waals surface area contributed by atoms with E-state index in [4.69, 9.17) is 4.74 Å². The Bertz CT molecular complexity index is 798. The minimum atomic E-state index is -0.384. The summed E-state index contributed by atoms with van der Waals surface area (Å²) in [5, 5.41) is 3.98. The highest BCUT2D eigenvalue weighted by Crippen LogP contribution is 2.22. The number of amides is 1. The zero-order valence-electron chi connectivity index (χ0n) is 13.3. The molecule has 126 valence electrons. The average Bonchev–Trinajstić information content (AvgIpc) is 2.59. The maximum Gasteiger partial charge on any atom is 0.274 e. The number of hydrogen-bond acceptors (Lipinski definition) is 4. The quantitative estimate of drug-likeness (QED) is 0.857. The fourth-order valence-corrected chi connectivity index (χ4v) is 2.67. The molecule has 1 aliphatic heterocycles. The van der Waals surface area contributed by atoms with Crippen molar-refractivity contribution in [1.29, 1.82) is 0 Å². The van der Waals surface area contributed by atoms with Crippen LogP contribution in [0.2, 0.25) is 0 Å². The van der Waals surface area contributed by atoms with E-state index in [2.05, 4.69) is 5.10 Å². The van der Waals surface area contributed by atoms with Crippen molar-refractivity contribution >= 4 is 5.91 Å². The summed E-state index contributed by atoms with van der Waals surface area (Å²) < 4.78 is 20.4. The molecule has 7 heteroatoms. The van der Waals surface area contributed by atoms with Crippen molar-refractivity contribution in [3.63, 3.8) is 0 Å². The predicted molar refractivity (Wildman–Crippen MR) is 85.4 cm³/mol. The number of carbonyl (C=O) groups is 1. The lowest BCUT2D eigenvalue weighted by Crippen LogP contribution is -2.42. The largest absolute Gasteiger partial charge is 0.487 e. The van der Waals surface area contributed by atoms with Crippen LogP contribution < -0.4 is 10.3 Å². The zero-order valence-corrected chi connectivity index (χ0v) is 13.3. The molecule has 1 aliphatic rings. The first-order valence-electron chi connectivity index (χ1n) is 7.79. The molecule has 6 nitrogen and oxygen atoms in total. The zero-order chi connectivity index (χ0) is 17.1. The molecule has 0 saturated carbocycles. The Morgan fingerprint density at radius 2 is 1.92 bits per heavy atom. The maximum absolute atomic E-state index is 13.6. The van der Waals surface area contributed by atoms with Gasteiger partial charge in [-0.05, 0) is 18.2 Å². The fourth-order valence-electron chi connectivity index (χ4n) is 2.67. The number of rotatable bonds is 3. The number of aromatic nitrogens is 2. The summed E-state index contributed by atoms with van der Waals surface area (Å²) >= 11 is 0. The molecule has 24 heavy (non-hydrogen) atoms. The average molecular weight is 331 g/mol. The second kappa shape index (κ2) is 6.82. The first kappa shape index (κ1) is 16.2. The minimum Gasteiger partial charge on any atom is -0.487 e. The lowest BCUT2D eigenvalue weighted by Gasteiger charge is -2.32. The van der Waals surface area contributed by atoms with E-state index in [-0.39, 0.29) is 34.8 Å². The van der Waals surface area contributed by atoms with Crippen LogP contribution in [0.3, 0.4) is 0 Å². The van der Waals surface area contributed by atoms with Gasteiger partial charge in [0.2, 0.25) is 0 Å². The highest BCUT2D eigenvalue weighted by molar-refractivity contribution is 5.92. The second-order valence-electron chi connectivity index (χ2n) is 5.72. The highest BCUT2D eigenvalue weighted by Gasteiger charge is 2.26. The Labute approximate surface area is 138 Å². The second-order valence-corrected chi connectivity index (χ2v) is 5.72. The molecule has 1 saturated heterocycles. The molecule has 0 unspecified atom stereocenters. The van der Waals surface area contributed by atoms with Gasteiger partial charge >= 0.3 is 0 Å². The van der Waals surface area contributed by atoms with Crippen LogP contribution in [-0.2, 0) is 7.05 Å². The Morgan fingerprint density at radius 1 is 1.21 bits per heavy atom. The number of halogens is 1. The normalized spacial score (nSPS) is 15.3. The standard InChI is InChI=1S/C17H18FN3O3/c1-20-16(22)7-6-14(19-20)17(23)21-10-8-12(9-11-21)24-15-5-3-2-4-13(15)18/h2-7,12H,8-11H2,1H3. The molecular weight excluding hydrogens is 313 g/mol. The summed E-state index contributed by atoms with van der Waals surface area (Å²) in [4.78, 5) is 25.4. The molecule has 0 N–H and O–H groups in total. The van der Waals surface area contributed by atoms with E-state index in [1.54, 1.807) is 23.1 Å². The summed E-state index contributed by atoms with van der Waals surface area (Å²) in [6.07, 6.45) is 1.11. The number of carbonyl (C=O) groups excluding carboxylic acids is 1. The van der Waals surface area contributed by atoms with Crippen molar-refractivity contribution < 1.29 is 13.9 Å². The summed E-state index contributed by atoms with van der Waals surface area (Å²) in [6, 6.07) is 9.06. The highest BCUT2D eigenvalue weighted by atomic mass is 19.1. The molecule has 2 aromatic rings. The van der Waals surface area contributed by atoms with Gasteiger partial charge in [0.25, 0.3) is 11.5 Å². The molecule has 0 aliphatic carbocycles. The third-order valence-corrected chi connectivity index (χ3v) is 4.04. The van der Waals surface area contributed by atoms with Gasteiger partial charge in [0, 0.05) is 39.0 Å².